The number of rotatable bonds is 6. The first-order valence-corrected chi connectivity index (χ1v) is 7.00. The Balaban J connectivity index is 4.10. The Morgan fingerprint density at radius 2 is 2.00 bits per heavy atom. The van der Waals surface area contributed by atoms with Gasteiger partial charge in [-0.25, -0.2) is 0 Å². The molecule has 0 heterocycles. The molecule has 94 valence electrons. The van der Waals surface area contributed by atoms with Gasteiger partial charge in [-0.05, 0) is 13.3 Å². The van der Waals surface area contributed by atoms with Crippen LogP contribution in [0.1, 0.15) is 13.3 Å². The lowest BCUT2D eigenvalue weighted by molar-refractivity contribution is -0.141. The minimum Gasteiger partial charge on any atom is -0.480 e. The van der Waals surface area contributed by atoms with E-state index in [-0.39, 0.29) is 12.6 Å². The van der Waals surface area contributed by atoms with Gasteiger partial charge in [0.15, 0.2) is 7.37 Å². The molecule has 2 unspecified atom stereocenters. The molecule has 3 atom stereocenters. The van der Waals surface area contributed by atoms with E-state index in [1.807, 2.05) is 0 Å². The van der Waals surface area contributed by atoms with Crippen LogP contribution >= 0.6 is 7.37 Å². The highest BCUT2D eigenvalue weighted by Crippen LogP contribution is 2.35. The van der Waals surface area contributed by atoms with Gasteiger partial charge in [0.05, 0.1) is 6.04 Å². The van der Waals surface area contributed by atoms with Crippen molar-refractivity contribution < 1.29 is 24.2 Å². The number of amides is 1. The quantitative estimate of drug-likeness (QED) is 0.457. The predicted octanol–water partition coefficient (Wildman–Crippen LogP) is -0.807. The molecular weight excluding hydrogens is 235 g/mol. The Morgan fingerprint density at radius 3 is 2.38 bits per heavy atom. The summed E-state index contributed by atoms with van der Waals surface area (Å²) in [5.74, 6) is -1.80. The van der Waals surface area contributed by atoms with Crippen LogP contribution in [-0.4, -0.2) is 46.8 Å². The van der Waals surface area contributed by atoms with Gasteiger partial charge in [0.1, 0.15) is 6.04 Å². The molecule has 0 aromatic rings. The van der Waals surface area contributed by atoms with Crippen molar-refractivity contribution in [2.75, 3.05) is 12.8 Å². The molecule has 0 radical (unpaired) electrons. The van der Waals surface area contributed by atoms with Crippen LogP contribution in [0.5, 0.6) is 0 Å². The van der Waals surface area contributed by atoms with E-state index in [9.17, 15) is 14.2 Å². The second kappa shape index (κ2) is 5.98. The number of carboxylic acid groups (broad SMARTS) is 1. The largest absolute Gasteiger partial charge is 0.480 e. The van der Waals surface area contributed by atoms with E-state index in [0.29, 0.717) is 0 Å². The van der Waals surface area contributed by atoms with Crippen molar-refractivity contribution in [2.45, 2.75) is 25.4 Å². The van der Waals surface area contributed by atoms with Gasteiger partial charge in [-0.1, -0.05) is 0 Å². The maximum absolute atomic E-state index is 11.3. The average Bonchev–Trinajstić information content (AvgIpc) is 2.12. The second-order valence-electron chi connectivity index (χ2n) is 3.74. The number of carbonyl (C=O) groups is 2. The van der Waals surface area contributed by atoms with Crippen LogP contribution in [0, 0.1) is 0 Å². The lowest BCUT2D eigenvalue weighted by Crippen LogP contribution is -2.47. The predicted molar refractivity (Wildman–Crippen MR) is 58.4 cm³/mol. The SMILES string of the molecule is C[C@H](NC(=O)C(N)CCP(C)(=O)O)C(=O)O. The van der Waals surface area contributed by atoms with Gasteiger partial charge in [0.25, 0.3) is 0 Å². The normalized spacial score (nSPS) is 18.2. The van der Waals surface area contributed by atoms with Crippen molar-refractivity contribution in [3.63, 3.8) is 0 Å². The van der Waals surface area contributed by atoms with Gasteiger partial charge >= 0.3 is 5.97 Å². The van der Waals surface area contributed by atoms with Crippen LogP contribution < -0.4 is 11.1 Å². The average molecular weight is 252 g/mol. The summed E-state index contributed by atoms with van der Waals surface area (Å²) >= 11 is 0. The van der Waals surface area contributed by atoms with Crippen LogP contribution in [0.25, 0.3) is 0 Å². The standard InChI is InChI=1S/C8H17N2O5P/c1-5(8(12)13)10-7(11)6(9)3-4-16(2,14)15/h5-6H,3-4,9H2,1-2H3,(H,10,11)(H,12,13)(H,14,15)/t5-,6?/m0/s1. The number of aliphatic carboxylic acids is 1. The molecule has 0 aliphatic heterocycles. The van der Waals surface area contributed by atoms with Crippen LogP contribution in [-0.2, 0) is 14.2 Å². The van der Waals surface area contributed by atoms with E-state index < -0.39 is 31.3 Å². The summed E-state index contributed by atoms with van der Waals surface area (Å²) in [6.07, 6.45) is -0.0223. The summed E-state index contributed by atoms with van der Waals surface area (Å²) in [5.41, 5.74) is 5.44. The molecule has 1 amide bonds. The molecule has 0 spiro atoms. The molecule has 0 bridgehead atoms. The van der Waals surface area contributed by atoms with E-state index in [1.165, 1.54) is 13.6 Å². The first-order chi connectivity index (χ1) is 7.13. The maximum atomic E-state index is 11.3. The van der Waals surface area contributed by atoms with E-state index in [0.717, 1.165) is 0 Å². The molecule has 7 nitrogen and oxygen atoms in total. The third-order valence-corrected chi connectivity index (χ3v) is 3.01. The summed E-state index contributed by atoms with van der Waals surface area (Å²) < 4.78 is 10.9. The molecule has 0 rings (SSSR count). The Kier molecular flexibility index (Phi) is 5.64. The van der Waals surface area contributed by atoms with Gasteiger partial charge in [-0.2, -0.15) is 0 Å². The number of carbonyl (C=O) groups excluding carboxylic acids is 1. The lowest BCUT2D eigenvalue weighted by Gasteiger charge is -2.15. The van der Waals surface area contributed by atoms with Crippen LogP contribution in [0.15, 0.2) is 0 Å². The summed E-state index contributed by atoms with van der Waals surface area (Å²) in [6.45, 7) is 2.49. The topological polar surface area (TPSA) is 130 Å². The zero-order chi connectivity index (χ0) is 12.9. The minimum absolute atomic E-state index is 0.0441. The van der Waals surface area contributed by atoms with E-state index in [1.54, 1.807) is 0 Å². The summed E-state index contributed by atoms with van der Waals surface area (Å²) in [7, 11) is -3.19. The monoisotopic (exact) mass is 252 g/mol. The number of hydrogen-bond donors (Lipinski definition) is 4. The molecule has 0 aromatic carbocycles. The van der Waals surface area contributed by atoms with E-state index in [2.05, 4.69) is 5.32 Å². The number of nitrogens with one attached hydrogen (secondary N) is 1. The summed E-state index contributed by atoms with van der Waals surface area (Å²) in [4.78, 5) is 30.7. The summed E-state index contributed by atoms with van der Waals surface area (Å²) in [5, 5.41) is 10.7. The molecule has 8 heteroatoms. The number of carboxylic acids is 1. The van der Waals surface area contributed by atoms with Gasteiger partial charge in [-0.15, -0.1) is 0 Å². The van der Waals surface area contributed by atoms with Gasteiger partial charge < -0.3 is 21.1 Å². The highest BCUT2D eigenvalue weighted by Gasteiger charge is 2.21. The molecular formula is C8H17N2O5P. The highest BCUT2D eigenvalue weighted by atomic mass is 31.2. The molecule has 0 saturated heterocycles. The first-order valence-electron chi connectivity index (χ1n) is 4.71. The lowest BCUT2D eigenvalue weighted by atomic mass is 10.2. The Labute approximate surface area is 93.5 Å². The molecule has 0 fully saturated rings. The fourth-order valence-electron chi connectivity index (χ4n) is 0.892. The fraction of sp³-hybridized carbons (Fsp3) is 0.750. The second-order valence-corrected chi connectivity index (χ2v) is 6.29. The van der Waals surface area contributed by atoms with Crippen LogP contribution in [0.4, 0.5) is 0 Å². The van der Waals surface area contributed by atoms with Crippen LogP contribution in [0.3, 0.4) is 0 Å². The van der Waals surface area contributed by atoms with Crippen molar-refractivity contribution in [1.82, 2.24) is 5.32 Å². The molecule has 0 aliphatic carbocycles. The van der Waals surface area contributed by atoms with Gasteiger partial charge in [0.2, 0.25) is 5.91 Å². The fourth-order valence-corrected chi connectivity index (χ4v) is 1.65. The first kappa shape index (κ1) is 15.1. The van der Waals surface area contributed by atoms with Gasteiger partial charge in [0, 0.05) is 12.8 Å². The van der Waals surface area contributed by atoms with E-state index in [4.69, 9.17) is 15.7 Å². The third kappa shape index (κ3) is 6.55. The van der Waals surface area contributed by atoms with Crippen molar-refractivity contribution in [3.8, 4) is 0 Å². The Morgan fingerprint density at radius 1 is 1.50 bits per heavy atom. The Bertz CT molecular complexity index is 314. The van der Waals surface area contributed by atoms with Crippen molar-refractivity contribution in [2.24, 2.45) is 5.73 Å². The number of nitrogens with two attached hydrogens (primary N) is 1. The summed E-state index contributed by atoms with van der Waals surface area (Å²) in [6, 6.07) is -2.00. The number of hydrogen-bond acceptors (Lipinski definition) is 4. The van der Waals surface area contributed by atoms with Gasteiger partial charge in [-0.3, -0.25) is 14.2 Å². The maximum Gasteiger partial charge on any atom is 0.325 e. The molecule has 16 heavy (non-hydrogen) atoms. The van der Waals surface area contributed by atoms with Crippen molar-refractivity contribution in [1.29, 1.82) is 0 Å². The zero-order valence-electron chi connectivity index (χ0n) is 9.21. The molecule has 0 aliphatic rings. The zero-order valence-corrected chi connectivity index (χ0v) is 10.1. The van der Waals surface area contributed by atoms with Crippen molar-refractivity contribution in [3.05, 3.63) is 0 Å². The smallest absolute Gasteiger partial charge is 0.325 e. The molecule has 5 N–H and O–H groups in total. The molecule has 0 aromatic heterocycles. The molecule has 0 saturated carbocycles. The third-order valence-electron chi connectivity index (χ3n) is 1.92. The highest BCUT2D eigenvalue weighted by molar-refractivity contribution is 7.57. The minimum atomic E-state index is -3.19. The Hall–Kier alpha value is -0.910. The van der Waals surface area contributed by atoms with Crippen molar-refractivity contribution >= 4 is 19.2 Å². The van der Waals surface area contributed by atoms with Crippen LogP contribution in [0.2, 0.25) is 0 Å². The van der Waals surface area contributed by atoms with E-state index >= 15 is 0 Å².